The molecule has 1 atom stereocenters. The van der Waals surface area contributed by atoms with Gasteiger partial charge in [-0.15, -0.1) is 11.8 Å². The van der Waals surface area contributed by atoms with E-state index in [0.717, 1.165) is 5.56 Å². The third-order valence-corrected chi connectivity index (χ3v) is 4.18. The Hall–Kier alpha value is -2.41. The van der Waals surface area contributed by atoms with Crippen LogP contribution in [0.4, 0.5) is 4.39 Å². The van der Waals surface area contributed by atoms with E-state index >= 15 is 0 Å². The van der Waals surface area contributed by atoms with Crippen LogP contribution in [0.2, 0.25) is 0 Å². The Morgan fingerprint density at radius 1 is 1.28 bits per heavy atom. The predicted molar refractivity (Wildman–Crippen MR) is 94.0 cm³/mol. The number of esters is 1. The number of nitrogens with zero attached hydrogens (tertiary/aromatic N) is 1. The third-order valence-electron chi connectivity index (χ3n) is 3.46. The number of benzene rings is 1. The highest BCUT2D eigenvalue weighted by Gasteiger charge is 2.20. The molecule has 0 aliphatic rings. The number of aromatic nitrogens is 1. The summed E-state index contributed by atoms with van der Waals surface area (Å²) in [5.74, 6) is -1.27. The number of amides is 1. The number of carbonyl (C=O) groups is 2. The van der Waals surface area contributed by atoms with Gasteiger partial charge in [0, 0.05) is 12.7 Å². The van der Waals surface area contributed by atoms with Gasteiger partial charge in [0.05, 0.1) is 5.56 Å². The number of hydrogen-bond donors (Lipinski definition) is 1. The summed E-state index contributed by atoms with van der Waals surface area (Å²) in [5, 5.41) is 3.25. The normalized spacial score (nSPS) is 11.6. The fraction of sp³-hybridized carbons (Fsp3) is 0.278. The predicted octanol–water partition coefficient (Wildman–Crippen LogP) is 2.85. The maximum absolute atomic E-state index is 12.8. The minimum Gasteiger partial charge on any atom is -0.449 e. The highest BCUT2D eigenvalue weighted by molar-refractivity contribution is 7.98. The van der Waals surface area contributed by atoms with Crippen LogP contribution in [0.1, 0.15) is 22.8 Å². The number of nitrogens with one attached hydrogen (secondary N) is 1. The molecule has 1 amide bonds. The van der Waals surface area contributed by atoms with E-state index in [1.54, 1.807) is 30.5 Å². The summed E-state index contributed by atoms with van der Waals surface area (Å²) in [6, 6.07) is 9.33. The van der Waals surface area contributed by atoms with Gasteiger partial charge in [-0.3, -0.25) is 4.79 Å². The average molecular weight is 362 g/mol. The van der Waals surface area contributed by atoms with Crippen LogP contribution in [-0.2, 0) is 16.0 Å². The SMILES string of the molecule is CSc1ncccc1C(=O)O[C@H](C)C(=O)NCCc1ccc(F)cc1. The molecule has 1 aromatic heterocycles. The molecule has 2 aromatic rings. The number of hydrogen-bond acceptors (Lipinski definition) is 5. The van der Waals surface area contributed by atoms with Crippen LogP contribution < -0.4 is 5.32 Å². The first-order valence-corrected chi connectivity index (χ1v) is 8.96. The fourth-order valence-electron chi connectivity index (χ4n) is 2.11. The Kier molecular flexibility index (Phi) is 6.94. The quantitative estimate of drug-likeness (QED) is 0.606. The standard InChI is InChI=1S/C18H19FN2O3S/c1-12(24-18(23)15-4-3-10-21-17(15)25-2)16(22)20-11-9-13-5-7-14(19)8-6-13/h3-8,10,12H,9,11H2,1-2H3,(H,20,22)/t12-/m1/s1. The molecule has 2 rings (SSSR count). The first-order valence-electron chi connectivity index (χ1n) is 7.73. The van der Waals surface area contributed by atoms with Gasteiger partial charge in [-0.2, -0.15) is 0 Å². The molecule has 0 bridgehead atoms. The van der Waals surface area contributed by atoms with Crippen molar-refractivity contribution in [1.82, 2.24) is 10.3 Å². The maximum atomic E-state index is 12.8. The molecule has 1 heterocycles. The summed E-state index contributed by atoms with van der Waals surface area (Å²) in [7, 11) is 0. The van der Waals surface area contributed by atoms with Gasteiger partial charge in [0.15, 0.2) is 6.10 Å². The Morgan fingerprint density at radius 3 is 2.68 bits per heavy atom. The van der Waals surface area contributed by atoms with Gasteiger partial charge in [0.2, 0.25) is 0 Å². The number of pyridine rings is 1. The molecule has 0 fully saturated rings. The van der Waals surface area contributed by atoms with Crippen molar-refractivity contribution in [2.75, 3.05) is 12.8 Å². The van der Waals surface area contributed by atoms with Crippen LogP contribution in [0.25, 0.3) is 0 Å². The van der Waals surface area contributed by atoms with Gasteiger partial charge in [-0.05, 0) is 49.4 Å². The number of halogens is 1. The Bertz CT molecular complexity index is 737. The summed E-state index contributed by atoms with van der Waals surface area (Å²) in [6.07, 6.45) is 3.04. The largest absolute Gasteiger partial charge is 0.449 e. The molecule has 1 aromatic carbocycles. The first-order chi connectivity index (χ1) is 12.0. The van der Waals surface area contributed by atoms with E-state index in [0.29, 0.717) is 23.6 Å². The third kappa shape index (κ3) is 5.56. The lowest BCUT2D eigenvalue weighted by Gasteiger charge is -2.14. The molecule has 132 valence electrons. The van der Waals surface area contributed by atoms with E-state index in [1.165, 1.54) is 30.8 Å². The summed E-state index contributed by atoms with van der Waals surface area (Å²) in [6.45, 7) is 1.88. The van der Waals surface area contributed by atoms with Crippen LogP contribution >= 0.6 is 11.8 Å². The lowest BCUT2D eigenvalue weighted by Crippen LogP contribution is -2.37. The number of ether oxygens (including phenoxy) is 1. The van der Waals surface area contributed by atoms with Gasteiger partial charge in [-0.25, -0.2) is 14.2 Å². The minimum atomic E-state index is -0.921. The molecule has 1 N–H and O–H groups in total. The van der Waals surface area contributed by atoms with Crippen molar-refractivity contribution in [1.29, 1.82) is 0 Å². The van der Waals surface area contributed by atoms with E-state index in [1.807, 2.05) is 6.26 Å². The molecule has 0 spiro atoms. The highest BCUT2D eigenvalue weighted by Crippen LogP contribution is 2.18. The van der Waals surface area contributed by atoms with Crippen LogP contribution in [0.15, 0.2) is 47.6 Å². The van der Waals surface area contributed by atoms with Crippen molar-refractivity contribution < 1.29 is 18.7 Å². The van der Waals surface area contributed by atoms with Crippen molar-refractivity contribution in [3.63, 3.8) is 0 Å². The molecule has 0 radical (unpaired) electrons. The molecule has 0 saturated carbocycles. The van der Waals surface area contributed by atoms with E-state index in [2.05, 4.69) is 10.3 Å². The number of carbonyl (C=O) groups excluding carboxylic acids is 2. The second-order valence-electron chi connectivity index (χ2n) is 5.28. The Balaban J connectivity index is 1.83. The molecule has 0 saturated heterocycles. The van der Waals surface area contributed by atoms with Gasteiger partial charge < -0.3 is 10.1 Å². The monoisotopic (exact) mass is 362 g/mol. The van der Waals surface area contributed by atoms with E-state index < -0.39 is 12.1 Å². The van der Waals surface area contributed by atoms with E-state index in [4.69, 9.17) is 4.74 Å². The zero-order valence-corrected chi connectivity index (χ0v) is 14.8. The molecular formula is C18H19FN2O3S. The van der Waals surface area contributed by atoms with Gasteiger partial charge in [0.1, 0.15) is 10.8 Å². The second kappa shape index (κ2) is 9.17. The number of thioether (sulfide) groups is 1. The van der Waals surface area contributed by atoms with E-state index in [-0.39, 0.29) is 11.7 Å². The Morgan fingerprint density at radius 2 is 2.00 bits per heavy atom. The molecule has 5 nitrogen and oxygen atoms in total. The lowest BCUT2D eigenvalue weighted by molar-refractivity contribution is -0.129. The summed E-state index contributed by atoms with van der Waals surface area (Å²) in [4.78, 5) is 28.3. The lowest BCUT2D eigenvalue weighted by atomic mass is 10.1. The molecule has 0 aliphatic carbocycles. The molecule has 0 aliphatic heterocycles. The fourth-order valence-corrected chi connectivity index (χ4v) is 2.65. The zero-order valence-electron chi connectivity index (χ0n) is 14.0. The van der Waals surface area contributed by atoms with Crippen LogP contribution in [0.3, 0.4) is 0 Å². The molecule has 0 unspecified atom stereocenters. The van der Waals surface area contributed by atoms with Crippen LogP contribution in [0, 0.1) is 5.82 Å². The van der Waals surface area contributed by atoms with Gasteiger partial charge in [0.25, 0.3) is 5.91 Å². The second-order valence-corrected chi connectivity index (χ2v) is 6.07. The topological polar surface area (TPSA) is 68.3 Å². The van der Waals surface area contributed by atoms with Crippen molar-refractivity contribution in [3.05, 3.63) is 59.5 Å². The maximum Gasteiger partial charge on any atom is 0.341 e. The van der Waals surface area contributed by atoms with Crippen LogP contribution in [-0.4, -0.2) is 35.8 Å². The van der Waals surface area contributed by atoms with Crippen molar-refractivity contribution in [2.24, 2.45) is 0 Å². The number of rotatable bonds is 7. The van der Waals surface area contributed by atoms with Gasteiger partial charge >= 0.3 is 5.97 Å². The molecular weight excluding hydrogens is 343 g/mol. The summed E-state index contributed by atoms with van der Waals surface area (Å²) in [5.41, 5.74) is 1.24. The van der Waals surface area contributed by atoms with Crippen LogP contribution in [0.5, 0.6) is 0 Å². The zero-order chi connectivity index (χ0) is 18.2. The smallest absolute Gasteiger partial charge is 0.341 e. The van der Waals surface area contributed by atoms with Crippen molar-refractivity contribution in [2.45, 2.75) is 24.5 Å². The molecule has 25 heavy (non-hydrogen) atoms. The van der Waals surface area contributed by atoms with E-state index in [9.17, 15) is 14.0 Å². The summed E-state index contributed by atoms with van der Waals surface area (Å²) >= 11 is 1.33. The van der Waals surface area contributed by atoms with Crippen molar-refractivity contribution in [3.8, 4) is 0 Å². The average Bonchev–Trinajstić information content (AvgIpc) is 2.63. The highest BCUT2D eigenvalue weighted by atomic mass is 32.2. The van der Waals surface area contributed by atoms with Gasteiger partial charge in [-0.1, -0.05) is 12.1 Å². The first kappa shape index (κ1) is 18.9. The minimum absolute atomic E-state index is 0.298. The Labute approximate surface area is 150 Å². The van der Waals surface area contributed by atoms with Crippen molar-refractivity contribution >= 4 is 23.6 Å². The molecule has 7 heteroatoms. The summed E-state index contributed by atoms with van der Waals surface area (Å²) < 4.78 is 18.0.